The van der Waals surface area contributed by atoms with Gasteiger partial charge in [-0.1, -0.05) is 12.1 Å². The molecule has 0 aromatic heterocycles. The van der Waals surface area contributed by atoms with Gasteiger partial charge in [0, 0.05) is 29.7 Å². The molecule has 0 radical (unpaired) electrons. The second-order valence-electron chi connectivity index (χ2n) is 7.73. The largest absolute Gasteiger partial charge is 0.416 e. The number of carbonyl (C=O) groups is 4. The first kappa shape index (κ1) is 22.5. The smallest absolute Gasteiger partial charge is 0.369 e. The van der Waals surface area contributed by atoms with Crippen molar-refractivity contribution in [2.24, 2.45) is 0 Å². The van der Waals surface area contributed by atoms with Crippen LogP contribution in [0.5, 0.6) is 0 Å². The summed E-state index contributed by atoms with van der Waals surface area (Å²) < 4.78 is 38.0. The van der Waals surface area contributed by atoms with Crippen molar-refractivity contribution in [2.45, 2.75) is 37.8 Å². The molecule has 2 aromatic rings. The summed E-state index contributed by atoms with van der Waals surface area (Å²) in [5.41, 5.74) is 0.144. The lowest BCUT2D eigenvalue weighted by Gasteiger charge is -2.31. The van der Waals surface area contributed by atoms with E-state index in [2.05, 4.69) is 10.6 Å². The van der Waals surface area contributed by atoms with Gasteiger partial charge < -0.3 is 10.4 Å². The van der Waals surface area contributed by atoms with Crippen LogP contribution in [0.1, 0.15) is 56.5 Å². The van der Waals surface area contributed by atoms with E-state index in [0.717, 1.165) is 29.2 Å². The number of halogens is 3. The molecule has 2 aliphatic heterocycles. The molecule has 11 heteroatoms. The standard InChI is InChI=1S/C22H18F3N3O5/c23-22(24,25)13-4-2-12(3-5-13)18(30)26-10-11-1-6-14-15(9-11)21(33)28(20(14)32)16-7-8-17(29)27-19(16)31/h1-6,9,16,20,32H,7-8,10H2,(H,26,30)(H,27,29,31). The fourth-order valence-electron chi connectivity index (χ4n) is 3.88. The van der Waals surface area contributed by atoms with Crippen LogP contribution >= 0.6 is 0 Å². The summed E-state index contributed by atoms with van der Waals surface area (Å²) in [5, 5.41) is 15.3. The molecule has 2 aromatic carbocycles. The van der Waals surface area contributed by atoms with E-state index in [4.69, 9.17) is 0 Å². The predicted molar refractivity (Wildman–Crippen MR) is 106 cm³/mol. The van der Waals surface area contributed by atoms with Gasteiger partial charge in [-0.2, -0.15) is 13.2 Å². The van der Waals surface area contributed by atoms with Crippen LogP contribution in [-0.4, -0.2) is 39.7 Å². The number of amides is 4. The van der Waals surface area contributed by atoms with Crippen molar-refractivity contribution in [1.82, 2.24) is 15.5 Å². The van der Waals surface area contributed by atoms with Crippen LogP contribution < -0.4 is 10.6 Å². The molecule has 0 aliphatic carbocycles. The molecular weight excluding hydrogens is 443 g/mol. The van der Waals surface area contributed by atoms with E-state index in [1.807, 2.05) is 0 Å². The Morgan fingerprint density at radius 2 is 1.82 bits per heavy atom. The maximum absolute atomic E-state index is 12.9. The van der Waals surface area contributed by atoms with E-state index >= 15 is 0 Å². The first-order valence-electron chi connectivity index (χ1n) is 9.99. The number of imide groups is 1. The number of aliphatic hydroxyl groups is 1. The Morgan fingerprint density at radius 1 is 1.12 bits per heavy atom. The maximum Gasteiger partial charge on any atom is 0.416 e. The Kier molecular flexibility index (Phi) is 5.66. The van der Waals surface area contributed by atoms with Crippen molar-refractivity contribution < 1.29 is 37.5 Å². The van der Waals surface area contributed by atoms with Gasteiger partial charge in [-0.05, 0) is 42.3 Å². The van der Waals surface area contributed by atoms with E-state index < -0.39 is 47.6 Å². The number of rotatable bonds is 4. The highest BCUT2D eigenvalue weighted by Gasteiger charge is 2.44. The summed E-state index contributed by atoms with van der Waals surface area (Å²) >= 11 is 0. The molecule has 4 amide bonds. The lowest BCUT2D eigenvalue weighted by molar-refractivity contribution is -0.140. The van der Waals surface area contributed by atoms with Crippen molar-refractivity contribution in [3.05, 3.63) is 70.3 Å². The number of alkyl halides is 3. The monoisotopic (exact) mass is 461 g/mol. The fourth-order valence-corrected chi connectivity index (χ4v) is 3.88. The first-order valence-corrected chi connectivity index (χ1v) is 9.99. The topological polar surface area (TPSA) is 116 Å². The van der Waals surface area contributed by atoms with Gasteiger partial charge in [0.1, 0.15) is 6.04 Å². The minimum atomic E-state index is -4.50. The van der Waals surface area contributed by atoms with Crippen LogP contribution in [0.3, 0.4) is 0 Å². The number of aliphatic hydroxyl groups excluding tert-OH is 1. The Morgan fingerprint density at radius 3 is 2.45 bits per heavy atom. The van der Waals surface area contributed by atoms with Crippen molar-refractivity contribution >= 4 is 23.6 Å². The van der Waals surface area contributed by atoms with E-state index in [1.165, 1.54) is 12.1 Å². The average molecular weight is 461 g/mol. The van der Waals surface area contributed by atoms with Gasteiger partial charge in [-0.3, -0.25) is 29.4 Å². The van der Waals surface area contributed by atoms with Gasteiger partial charge in [-0.15, -0.1) is 0 Å². The fraction of sp³-hybridized carbons (Fsp3) is 0.273. The number of nitrogens with zero attached hydrogens (tertiary/aromatic N) is 1. The number of nitrogens with one attached hydrogen (secondary N) is 2. The van der Waals surface area contributed by atoms with Gasteiger partial charge in [0.2, 0.25) is 11.8 Å². The molecule has 2 heterocycles. The zero-order valence-electron chi connectivity index (χ0n) is 17.0. The van der Waals surface area contributed by atoms with Gasteiger partial charge in [0.25, 0.3) is 11.8 Å². The molecular formula is C22H18F3N3O5. The summed E-state index contributed by atoms with van der Waals surface area (Å²) in [6.45, 7) is -0.0189. The minimum absolute atomic E-state index is 0.0189. The van der Waals surface area contributed by atoms with Gasteiger partial charge in [0.15, 0.2) is 6.23 Å². The van der Waals surface area contributed by atoms with Crippen LogP contribution in [0.4, 0.5) is 13.2 Å². The Bertz CT molecular complexity index is 1150. The summed E-state index contributed by atoms with van der Waals surface area (Å²) in [5.74, 6) is -2.28. The van der Waals surface area contributed by atoms with E-state index in [-0.39, 0.29) is 30.5 Å². The summed E-state index contributed by atoms with van der Waals surface area (Å²) in [6.07, 6.45) is -5.72. The number of hydrogen-bond donors (Lipinski definition) is 3. The highest BCUT2D eigenvalue weighted by atomic mass is 19.4. The number of piperidine rings is 1. The van der Waals surface area contributed by atoms with Crippen LogP contribution in [0.15, 0.2) is 42.5 Å². The van der Waals surface area contributed by atoms with Crippen LogP contribution in [0, 0.1) is 0 Å². The molecule has 2 atom stereocenters. The molecule has 0 bridgehead atoms. The van der Waals surface area contributed by atoms with Crippen LogP contribution in [-0.2, 0) is 22.3 Å². The molecule has 2 unspecified atom stereocenters. The Hall–Kier alpha value is -3.73. The Labute approximate surface area is 185 Å². The SMILES string of the molecule is O=C1CCC(N2C(=O)c3cc(CNC(=O)c4ccc(C(F)(F)F)cc4)ccc3C2O)C(=O)N1. The Balaban J connectivity index is 1.45. The summed E-state index contributed by atoms with van der Waals surface area (Å²) in [6, 6.07) is 7.33. The number of fused-ring (bicyclic) bond motifs is 1. The van der Waals surface area contributed by atoms with Crippen LogP contribution in [0.2, 0.25) is 0 Å². The molecule has 1 fully saturated rings. The first-order chi connectivity index (χ1) is 15.6. The molecule has 172 valence electrons. The molecule has 2 aliphatic rings. The maximum atomic E-state index is 12.9. The minimum Gasteiger partial charge on any atom is -0.369 e. The van der Waals surface area contributed by atoms with Crippen molar-refractivity contribution in [2.75, 3.05) is 0 Å². The molecule has 8 nitrogen and oxygen atoms in total. The summed E-state index contributed by atoms with van der Waals surface area (Å²) in [4.78, 5) is 49.7. The van der Waals surface area contributed by atoms with Crippen molar-refractivity contribution in [1.29, 1.82) is 0 Å². The van der Waals surface area contributed by atoms with Gasteiger partial charge in [0.05, 0.1) is 5.56 Å². The van der Waals surface area contributed by atoms with Crippen molar-refractivity contribution in [3.8, 4) is 0 Å². The molecule has 33 heavy (non-hydrogen) atoms. The third kappa shape index (κ3) is 4.31. The third-order valence-electron chi connectivity index (χ3n) is 5.60. The van der Waals surface area contributed by atoms with Crippen LogP contribution in [0.25, 0.3) is 0 Å². The highest BCUT2D eigenvalue weighted by molar-refractivity contribution is 6.05. The lowest BCUT2D eigenvalue weighted by atomic mass is 10.0. The second kappa shape index (κ2) is 8.32. The zero-order valence-corrected chi connectivity index (χ0v) is 17.0. The molecule has 1 saturated heterocycles. The highest BCUT2D eigenvalue weighted by Crippen LogP contribution is 2.35. The van der Waals surface area contributed by atoms with Crippen molar-refractivity contribution in [3.63, 3.8) is 0 Å². The molecule has 0 saturated carbocycles. The number of benzene rings is 2. The quantitative estimate of drug-likeness (QED) is 0.602. The third-order valence-corrected chi connectivity index (χ3v) is 5.60. The molecule has 3 N–H and O–H groups in total. The molecule has 4 rings (SSSR count). The molecule has 0 spiro atoms. The predicted octanol–water partition coefficient (Wildman–Crippen LogP) is 1.89. The number of hydrogen-bond acceptors (Lipinski definition) is 5. The summed E-state index contributed by atoms with van der Waals surface area (Å²) in [7, 11) is 0. The van der Waals surface area contributed by atoms with Gasteiger partial charge >= 0.3 is 6.18 Å². The lowest BCUT2D eigenvalue weighted by Crippen LogP contribution is -2.53. The normalized spacial score (nSPS) is 20.5. The number of carbonyl (C=O) groups excluding carboxylic acids is 4. The van der Waals surface area contributed by atoms with E-state index in [0.29, 0.717) is 11.1 Å². The van der Waals surface area contributed by atoms with E-state index in [1.54, 1.807) is 6.07 Å². The average Bonchev–Trinajstić information content (AvgIpc) is 3.01. The second-order valence-corrected chi connectivity index (χ2v) is 7.73. The van der Waals surface area contributed by atoms with E-state index in [9.17, 15) is 37.5 Å². The zero-order chi connectivity index (χ0) is 23.9. The van der Waals surface area contributed by atoms with Gasteiger partial charge in [-0.25, -0.2) is 0 Å².